The summed E-state index contributed by atoms with van der Waals surface area (Å²) in [5, 5.41) is 0. The first kappa shape index (κ1) is 15.1. The van der Waals surface area contributed by atoms with Gasteiger partial charge in [-0.1, -0.05) is 43.7 Å². The summed E-state index contributed by atoms with van der Waals surface area (Å²) in [6, 6.07) is 13.6. The summed E-state index contributed by atoms with van der Waals surface area (Å²) in [6.45, 7) is 5.67. The molecule has 22 heavy (non-hydrogen) atoms. The first-order valence-corrected chi connectivity index (χ1v) is 8.64. The van der Waals surface area contributed by atoms with E-state index in [1.54, 1.807) is 11.1 Å². The van der Waals surface area contributed by atoms with Crippen molar-refractivity contribution in [3.63, 3.8) is 0 Å². The summed E-state index contributed by atoms with van der Waals surface area (Å²) in [6.07, 6.45) is 6.29. The molecular weight excluding hydrogens is 266 g/mol. The Bertz CT molecular complexity index is 657. The van der Waals surface area contributed by atoms with Crippen LogP contribution in [0.3, 0.4) is 0 Å². The quantitative estimate of drug-likeness (QED) is 0.714. The van der Waals surface area contributed by atoms with Crippen molar-refractivity contribution >= 4 is 5.69 Å². The van der Waals surface area contributed by atoms with Gasteiger partial charge in [-0.3, -0.25) is 0 Å². The Hall–Kier alpha value is -1.76. The molecule has 0 atom stereocenters. The maximum atomic E-state index is 2.41. The van der Waals surface area contributed by atoms with E-state index in [-0.39, 0.29) is 0 Å². The minimum Gasteiger partial charge on any atom is -0.374 e. The van der Waals surface area contributed by atoms with Crippen molar-refractivity contribution in [1.82, 2.24) is 0 Å². The van der Waals surface area contributed by atoms with Gasteiger partial charge < -0.3 is 4.90 Å². The van der Waals surface area contributed by atoms with Gasteiger partial charge in [-0.2, -0.15) is 0 Å². The summed E-state index contributed by atoms with van der Waals surface area (Å²) in [5.74, 6) is 0. The van der Waals surface area contributed by atoms with E-state index in [0.29, 0.717) is 0 Å². The Labute approximate surface area is 135 Å². The highest BCUT2D eigenvalue weighted by atomic mass is 15.1. The van der Waals surface area contributed by atoms with Gasteiger partial charge in [-0.25, -0.2) is 0 Å². The average molecular weight is 293 g/mol. The molecule has 1 aliphatic rings. The molecule has 0 radical (unpaired) electrons. The number of nitrogens with zero attached hydrogens (tertiary/aromatic N) is 1. The van der Waals surface area contributed by atoms with Crippen molar-refractivity contribution in [2.24, 2.45) is 0 Å². The number of hydrogen-bond acceptors (Lipinski definition) is 1. The molecule has 0 spiro atoms. The van der Waals surface area contributed by atoms with Gasteiger partial charge in [0.1, 0.15) is 0 Å². The standard InChI is InChI=1S/C21H27N/c1-4-5-15-22(3)21-14-8-11-18(16(21)2)20-13-7-10-17-9-6-12-19(17)20/h7-8,10-11,13-14H,4-6,9,12,15H2,1-3H3. The largest absolute Gasteiger partial charge is 0.374 e. The molecule has 1 heteroatoms. The fourth-order valence-corrected chi connectivity index (χ4v) is 3.72. The molecule has 0 amide bonds. The zero-order valence-electron chi connectivity index (χ0n) is 14.2. The van der Waals surface area contributed by atoms with E-state index >= 15 is 0 Å². The summed E-state index contributed by atoms with van der Waals surface area (Å²) in [5.41, 5.74) is 8.81. The van der Waals surface area contributed by atoms with E-state index < -0.39 is 0 Å². The number of unbranched alkanes of at least 4 members (excludes halogenated alkanes) is 1. The molecule has 0 bridgehead atoms. The number of hydrogen-bond donors (Lipinski definition) is 0. The van der Waals surface area contributed by atoms with Gasteiger partial charge in [0.2, 0.25) is 0 Å². The van der Waals surface area contributed by atoms with Crippen molar-refractivity contribution < 1.29 is 0 Å². The van der Waals surface area contributed by atoms with E-state index in [1.165, 1.54) is 54.5 Å². The van der Waals surface area contributed by atoms with Gasteiger partial charge in [0.25, 0.3) is 0 Å². The monoisotopic (exact) mass is 293 g/mol. The lowest BCUT2D eigenvalue weighted by atomic mass is 9.93. The molecule has 2 aromatic rings. The topological polar surface area (TPSA) is 3.24 Å². The summed E-state index contributed by atoms with van der Waals surface area (Å²) in [4.78, 5) is 2.41. The Morgan fingerprint density at radius 3 is 2.59 bits per heavy atom. The minimum atomic E-state index is 1.13. The van der Waals surface area contributed by atoms with Crippen LogP contribution in [0.15, 0.2) is 36.4 Å². The van der Waals surface area contributed by atoms with Crippen molar-refractivity contribution in [2.75, 3.05) is 18.5 Å². The van der Waals surface area contributed by atoms with Crippen LogP contribution in [-0.4, -0.2) is 13.6 Å². The third-order valence-corrected chi connectivity index (χ3v) is 5.00. The molecule has 0 unspecified atom stereocenters. The average Bonchev–Trinajstić information content (AvgIpc) is 3.01. The van der Waals surface area contributed by atoms with Crippen LogP contribution in [-0.2, 0) is 12.8 Å². The number of anilines is 1. The summed E-state index contributed by atoms with van der Waals surface area (Å²) in [7, 11) is 2.22. The molecule has 0 N–H and O–H groups in total. The molecule has 3 rings (SSSR count). The van der Waals surface area contributed by atoms with Crippen LogP contribution in [0, 0.1) is 6.92 Å². The molecule has 0 saturated heterocycles. The lowest BCUT2D eigenvalue weighted by Gasteiger charge is -2.23. The predicted octanol–water partition coefficient (Wildman–Crippen LogP) is 5.39. The van der Waals surface area contributed by atoms with Gasteiger partial charge in [0.05, 0.1) is 0 Å². The van der Waals surface area contributed by atoms with E-state index in [9.17, 15) is 0 Å². The highest BCUT2D eigenvalue weighted by Crippen LogP contribution is 2.36. The number of fused-ring (bicyclic) bond motifs is 1. The Morgan fingerprint density at radius 2 is 1.77 bits per heavy atom. The lowest BCUT2D eigenvalue weighted by molar-refractivity contribution is 0.765. The molecule has 1 nitrogen and oxygen atoms in total. The molecule has 116 valence electrons. The molecule has 0 heterocycles. The molecule has 0 aliphatic heterocycles. The van der Waals surface area contributed by atoms with Gasteiger partial charge in [0.15, 0.2) is 0 Å². The van der Waals surface area contributed by atoms with E-state index in [4.69, 9.17) is 0 Å². The predicted molar refractivity (Wildman–Crippen MR) is 96.8 cm³/mol. The third kappa shape index (κ3) is 2.77. The molecule has 0 saturated carbocycles. The van der Waals surface area contributed by atoms with Crippen molar-refractivity contribution in [3.05, 3.63) is 53.1 Å². The minimum absolute atomic E-state index is 1.13. The van der Waals surface area contributed by atoms with Gasteiger partial charge >= 0.3 is 0 Å². The fourth-order valence-electron chi connectivity index (χ4n) is 3.72. The van der Waals surface area contributed by atoms with E-state index in [1.807, 2.05) is 0 Å². The Morgan fingerprint density at radius 1 is 1.00 bits per heavy atom. The zero-order valence-corrected chi connectivity index (χ0v) is 14.2. The second-order valence-corrected chi connectivity index (χ2v) is 6.52. The maximum absolute atomic E-state index is 2.41. The number of aryl methyl sites for hydroxylation is 1. The zero-order chi connectivity index (χ0) is 15.5. The Balaban J connectivity index is 2.01. The van der Waals surface area contributed by atoms with Crippen molar-refractivity contribution in [2.45, 2.75) is 46.0 Å². The normalized spacial score (nSPS) is 13.2. The van der Waals surface area contributed by atoms with Crippen LogP contribution in [0.5, 0.6) is 0 Å². The van der Waals surface area contributed by atoms with Crippen LogP contribution >= 0.6 is 0 Å². The second kappa shape index (κ2) is 6.56. The second-order valence-electron chi connectivity index (χ2n) is 6.52. The maximum Gasteiger partial charge on any atom is 0.0399 e. The van der Waals surface area contributed by atoms with Crippen LogP contribution in [0.4, 0.5) is 5.69 Å². The summed E-state index contributed by atoms with van der Waals surface area (Å²) >= 11 is 0. The van der Waals surface area contributed by atoms with Crippen LogP contribution in [0.1, 0.15) is 42.9 Å². The van der Waals surface area contributed by atoms with Crippen molar-refractivity contribution in [3.8, 4) is 11.1 Å². The van der Waals surface area contributed by atoms with Crippen LogP contribution in [0.2, 0.25) is 0 Å². The number of benzene rings is 2. The first-order valence-electron chi connectivity index (χ1n) is 8.64. The lowest BCUT2D eigenvalue weighted by Crippen LogP contribution is -2.19. The van der Waals surface area contributed by atoms with Crippen molar-refractivity contribution in [1.29, 1.82) is 0 Å². The molecule has 2 aromatic carbocycles. The third-order valence-electron chi connectivity index (χ3n) is 5.00. The van der Waals surface area contributed by atoms with Crippen LogP contribution in [0.25, 0.3) is 11.1 Å². The highest BCUT2D eigenvalue weighted by Gasteiger charge is 2.17. The SMILES string of the molecule is CCCCN(C)c1cccc(-c2cccc3c2CCC3)c1C. The van der Waals surface area contributed by atoms with Gasteiger partial charge in [0, 0.05) is 19.3 Å². The van der Waals surface area contributed by atoms with Gasteiger partial charge in [-0.05, 0) is 66.5 Å². The molecular formula is C21H27N. The molecule has 0 aromatic heterocycles. The molecule has 0 fully saturated rings. The summed E-state index contributed by atoms with van der Waals surface area (Å²) < 4.78 is 0. The van der Waals surface area contributed by atoms with Crippen LogP contribution < -0.4 is 4.90 Å². The van der Waals surface area contributed by atoms with E-state index in [0.717, 1.165) is 6.54 Å². The fraction of sp³-hybridized carbons (Fsp3) is 0.429. The highest BCUT2D eigenvalue weighted by molar-refractivity contribution is 5.77. The molecule has 1 aliphatic carbocycles. The first-order chi connectivity index (χ1) is 10.7. The van der Waals surface area contributed by atoms with E-state index in [2.05, 4.69) is 62.2 Å². The Kier molecular flexibility index (Phi) is 4.52. The van der Waals surface area contributed by atoms with Gasteiger partial charge in [-0.15, -0.1) is 0 Å². The number of rotatable bonds is 5. The smallest absolute Gasteiger partial charge is 0.0399 e.